The van der Waals surface area contributed by atoms with Gasteiger partial charge < -0.3 is 0 Å². The second-order valence-electron chi connectivity index (χ2n) is 24.9. The van der Waals surface area contributed by atoms with Crippen molar-refractivity contribution in [2.24, 2.45) is 0 Å². The Kier molecular flexibility index (Phi) is 10.4. The van der Waals surface area contributed by atoms with Gasteiger partial charge >= 0.3 is 0 Å². The predicted molar refractivity (Wildman–Crippen MR) is 387 cm³/mol. The van der Waals surface area contributed by atoms with Crippen molar-refractivity contribution in [3.63, 3.8) is 0 Å². The highest BCUT2D eigenvalue weighted by molar-refractivity contribution is 6.29. The van der Waals surface area contributed by atoms with Crippen LogP contribution in [-0.4, -0.2) is 0 Å². The summed E-state index contributed by atoms with van der Waals surface area (Å²) >= 11 is 0. The van der Waals surface area contributed by atoms with Gasteiger partial charge in [-0.15, -0.1) is 0 Å². The molecule has 0 atom stereocenters. The lowest BCUT2D eigenvalue weighted by atomic mass is 9.83. The van der Waals surface area contributed by atoms with Crippen LogP contribution >= 0.6 is 0 Å². The molecule has 20 rings (SSSR count). The maximum atomic E-state index is 2.37. The van der Waals surface area contributed by atoms with E-state index < -0.39 is 0 Å². The largest absolute Gasteiger partial charge is 0.0610 e. The molecule has 0 unspecified atom stereocenters. The van der Waals surface area contributed by atoms with Gasteiger partial charge in [-0.25, -0.2) is 0 Å². The number of hydrogen-bond acceptors (Lipinski definition) is 0. The van der Waals surface area contributed by atoms with E-state index in [1.165, 1.54) is 185 Å². The van der Waals surface area contributed by atoms with Crippen LogP contribution < -0.4 is 0 Å². The molecule has 0 saturated heterocycles. The maximum Gasteiger partial charge on any atom is -0.00206 e. The highest BCUT2D eigenvalue weighted by atomic mass is 14.3. The molecule has 90 heavy (non-hydrogen) atoms. The van der Waals surface area contributed by atoms with E-state index in [4.69, 9.17) is 0 Å². The Hall–Kier alpha value is -11.7. The third kappa shape index (κ3) is 7.25. The van der Waals surface area contributed by atoms with Gasteiger partial charge in [0.15, 0.2) is 0 Å². The Balaban J connectivity index is 0.799. The summed E-state index contributed by atoms with van der Waals surface area (Å²) in [5.74, 6) is 0. The number of benzene rings is 20. The van der Waals surface area contributed by atoms with Gasteiger partial charge in [0, 0.05) is 0 Å². The van der Waals surface area contributed by atoms with Crippen molar-refractivity contribution < 1.29 is 0 Å². The van der Waals surface area contributed by atoms with Crippen LogP contribution in [0.15, 0.2) is 315 Å². The van der Waals surface area contributed by atoms with E-state index in [1.807, 2.05) is 0 Å². The summed E-state index contributed by atoms with van der Waals surface area (Å²) < 4.78 is 0. The highest BCUT2D eigenvalue weighted by Gasteiger charge is 2.22. The number of hydrogen-bond donors (Lipinski definition) is 0. The molecule has 20 aromatic rings. The van der Waals surface area contributed by atoms with Crippen molar-refractivity contribution in [1.29, 1.82) is 0 Å². The minimum atomic E-state index is 1.15. The van der Waals surface area contributed by atoms with E-state index in [0.29, 0.717) is 0 Å². The zero-order valence-corrected chi connectivity index (χ0v) is 49.0. The molecule has 0 heteroatoms. The van der Waals surface area contributed by atoms with Gasteiger partial charge in [0.25, 0.3) is 0 Å². The fourth-order valence-corrected chi connectivity index (χ4v) is 16.1. The van der Waals surface area contributed by atoms with Crippen molar-refractivity contribution in [1.82, 2.24) is 0 Å². The molecular formula is C90H52. The first-order valence-corrected chi connectivity index (χ1v) is 31.4. The van der Waals surface area contributed by atoms with Crippen LogP contribution in [0.3, 0.4) is 0 Å². The Labute approximate surface area is 519 Å². The zero-order valence-electron chi connectivity index (χ0n) is 49.0. The van der Waals surface area contributed by atoms with Crippen molar-refractivity contribution >= 4 is 140 Å². The average molecular weight is 1130 g/mol. The van der Waals surface area contributed by atoms with Crippen LogP contribution in [-0.2, 0) is 0 Å². The maximum absolute atomic E-state index is 2.37. The van der Waals surface area contributed by atoms with Gasteiger partial charge in [0.05, 0.1) is 0 Å². The fourth-order valence-electron chi connectivity index (χ4n) is 16.1. The summed E-state index contributed by atoms with van der Waals surface area (Å²) in [6.07, 6.45) is 0. The molecule has 0 nitrogen and oxygen atoms in total. The Bertz CT molecular complexity index is 5480. The van der Waals surface area contributed by atoms with Gasteiger partial charge in [-0.1, -0.05) is 315 Å². The second kappa shape index (κ2) is 18.9. The third-order valence-corrected chi connectivity index (χ3v) is 20.3. The molecule has 0 N–H and O–H groups in total. The monoisotopic (exact) mass is 1130 g/mol. The molecule has 0 amide bonds. The molecule has 0 heterocycles. The first-order chi connectivity index (χ1) is 44.6. The first-order valence-electron chi connectivity index (χ1n) is 31.4. The first kappa shape index (κ1) is 49.4. The molecule has 0 aliphatic heterocycles. The van der Waals surface area contributed by atoms with Crippen LogP contribution in [0.1, 0.15) is 22.3 Å². The second-order valence-corrected chi connectivity index (χ2v) is 24.9. The average Bonchev–Trinajstić information content (AvgIpc) is 0.831. The molecular weight excluding hydrogens is 1080 g/mol. The molecule has 0 aliphatic carbocycles. The quantitative estimate of drug-likeness (QED) is 0.105. The minimum absolute atomic E-state index is 1.15. The Morgan fingerprint density at radius 1 is 0.133 bits per heavy atom. The molecule has 412 valence electrons. The van der Waals surface area contributed by atoms with Gasteiger partial charge in [0.1, 0.15) is 0 Å². The summed E-state index contributed by atoms with van der Waals surface area (Å²) in [5.41, 5.74) is 16.6. The van der Waals surface area contributed by atoms with E-state index in [2.05, 4.69) is 315 Å². The third-order valence-electron chi connectivity index (χ3n) is 20.3. The summed E-state index contributed by atoms with van der Waals surface area (Å²) in [4.78, 5) is 0. The predicted octanol–water partition coefficient (Wildman–Crippen LogP) is 25.0. The summed E-state index contributed by atoms with van der Waals surface area (Å²) in [6, 6.07) is 120. The molecule has 0 fully saturated rings. The van der Waals surface area contributed by atoms with Gasteiger partial charge in [0.2, 0.25) is 0 Å². The van der Waals surface area contributed by atoms with Crippen LogP contribution in [0, 0.1) is 0 Å². The molecule has 0 aromatic heterocycles. The van der Waals surface area contributed by atoms with Crippen molar-refractivity contribution in [2.75, 3.05) is 0 Å². The molecule has 0 aliphatic rings. The molecule has 20 aromatic carbocycles. The topological polar surface area (TPSA) is 0 Å². The molecule has 0 saturated carbocycles. The van der Waals surface area contributed by atoms with Crippen molar-refractivity contribution in [3.05, 3.63) is 338 Å². The zero-order chi connectivity index (χ0) is 58.7. The molecule has 0 bridgehead atoms. The van der Waals surface area contributed by atoms with E-state index in [-0.39, 0.29) is 0 Å². The Morgan fingerprint density at radius 3 is 0.500 bits per heavy atom. The lowest BCUT2D eigenvalue weighted by molar-refractivity contribution is 1.50. The normalized spacial score (nSPS) is 12.2. The van der Waals surface area contributed by atoms with Crippen LogP contribution in [0.25, 0.3) is 185 Å². The van der Waals surface area contributed by atoms with E-state index in [1.54, 1.807) is 0 Å². The van der Waals surface area contributed by atoms with Crippen molar-refractivity contribution in [3.8, 4) is 44.5 Å². The van der Waals surface area contributed by atoms with Gasteiger partial charge in [-0.05, 0) is 207 Å². The minimum Gasteiger partial charge on any atom is -0.0610 e. The van der Waals surface area contributed by atoms with Crippen molar-refractivity contribution in [2.45, 2.75) is 0 Å². The number of rotatable bonds is 8. The Morgan fingerprint density at radius 2 is 0.300 bits per heavy atom. The van der Waals surface area contributed by atoms with E-state index >= 15 is 0 Å². The highest BCUT2D eigenvalue weighted by Crippen LogP contribution is 2.47. The smallest absolute Gasteiger partial charge is 0.00206 e. The summed E-state index contributed by atoms with van der Waals surface area (Å²) in [5, 5.41) is 31.0. The van der Waals surface area contributed by atoms with Crippen LogP contribution in [0.5, 0.6) is 0 Å². The lowest BCUT2D eigenvalue weighted by Crippen LogP contribution is -1.99. The van der Waals surface area contributed by atoms with Gasteiger partial charge in [-0.3, -0.25) is 0 Å². The molecule has 0 spiro atoms. The van der Waals surface area contributed by atoms with Crippen LogP contribution in [0.4, 0.5) is 0 Å². The summed E-state index contributed by atoms with van der Waals surface area (Å²) in [6.45, 7) is 0. The SMILES string of the molecule is c1cc2ccc3ccc(-c4ccc(C(=C(c5ccc(-c6ccc7ccc8cccc9ccc6c7c89)cc5)c5ccc(-c6ccc7ccc8cccc9ccc6c7c89)cc5)c5ccc(-c6ccc7ccc8cccc9ccc6c7c89)cc5)cc4)c4ccc(c1)c2c34. The fraction of sp³-hybridized carbons (Fsp3) is 0. The van der Waals surface area contributed by atoms with E-state index in [9.17, 15) is 0 Å². The van der Waals surface area contributed by atoms with Gasteiger partial charge in [-0.2, -0.15) is 0 Å². The standard InChI is InChI=1S/C90H52/c1-5-57-29-33-69-37-45-73(77-49-41-61(9-1)83(57)87(69)77)53-13-21-65(22-14-53)81(66-23-15-54(16-24-66)74-46-38-70-34-30-58-6-2-10-62-42-50-78(74)88(70)84(58)62)82(67-25-17-55(18-26-67)75-47-39-71-35-31-59-7-3-11-63-43-51-79(75)89(71)85(59)63)68-27-19-56(20-28-68)76-48-40-72-36-32-60-8-4-12-64-44-52-80(76)90(72)86(60)64/h1-52H. The summed E-state index contributed by atoms with van der Waals surface area (Å²) in [7, 11) is 0. The van der Waals surface area contributed by atoms with E-state index in [0.717, 1.165) is 22.3 Å². The van der Waals surface area contributed by atoms with Crippen LogP contribution in [0.2, 0.25) is 0 Å². The molecule has 0 radical (unpaired) electrons. The lowest BCUT2D eigenvalue weighted by Gasteiger charge is -2.20.